The summed E-state index contributed by atoms with van der Waals surface area (Å²) in [5.41, 5.74) is 7.17. The summed E-state index contributed by atoms with van der Waals surface area (Å²) in [7, 11) is 0. The number of benzene rings is 1. The molecule has 0 spiro atoms. The summed E-state index contributed by atoms with van der Waals surface area (Å²) >= 11 is 4.61. The van der Waals surface area contributed by atoms with E-state index in [-0.39, 0.29) is 11.9 Å². The maximum absolute atomic E-state index is 9.00. The SMILES string of the molecule is CC(Nc1snc(N)c1C#N)c1ccc(Br)cc1. The Kier molecular flexibility index (Phi) is 3.84. The highest BCUT2D eigenvalue weighted by molar-refractivity contribution is 9.10. The molecule has 1 atom stereocenters. The van der Waals surface area contributed by atoms with Crippen LogP contribution in [-0.2, 0) is 0 Å². The lowest BCUT2D eigenvalue weighted by Gasteiger charge is -2.14. The average molecular weight is 323 g/mol. The van der Waals surface area contributed by atoms with Crippen molar-refractivity contribution in [3.63, 3.8) is 0 Å². The molecule has 0 aliphatic heterocycles. The smallest absolute Gasteiger partial charge is 0.157 e. The summed E-state index contributed by atoms with van der Waals surface area (Å²) < 4.78 is 5.02. The van der Waals surface area contributed by atoms with Crippen molar-refractivity contribution in [3.8, 4) is 6.07 Å². The molecule has 1 unspecified atom stereocenters. The zero-order valence-corrected chi connectivity index (χ0v) is 12.0. The molecule has 0 saturated carbocycles. The topological polar surface area (TPSA) is 74.7 Å². The first-order valence-corrected chi connectivity index (χ1v) is 6.85. The van der Waals surface area contributed by atoms with Crippen LogP contribution in [0.25, 0.3) is 0 Å². The average Bonchev–Trinajstić information content (AvgIpc) is 2.70. The minimum atomic E-state index is 0.0880. The van der Waals surface area contributed by atoms with Gasteiger partial charge in [-0.15, -0.1) is 0 Å². The number of halogens is 1. The minimum Gasteiger partial charge on any atom is -0.382 e. The maximum Gasteiger partial charge on any atom is 0.157 e. The van der Waals surface area contributed by atoms with Gasteiger partial charge in [-0.25, -0.2) is 0 Å². The Morgan fingerprint density at radius 1 is 1.44 bits per heavy atom. The second-order valence-corrected chi connectivity index (χ2v) is 5.49. The van der Waals surface area contributed by atoms with Crippen molar-refractivity contribution in [3.05, 3.63) is 39.9 Å². The van der Waals surface area contributed by atoms with Crippen LogP contribution < -0.4 is 11.1 Å². The molecule has 6 heteroatoms. The minimum absolute atomic E-state index is 0.0880. The number of rotatable bonds is 3. The Bertz CT molecular complexity index is 585. The second kappa shape index (κ2) is 5.38. The molecule has 0 aliphatic rings. The third-order valence-electron chi connectivity index (χ3n) is 2.55. The molecule has 0 aliphatic carbocycles. The Balaban J connectivity index is 2.19. The Morgan fingerprint density at radius 2 is 2.11 bits per heavy atom. The lowest BCUT2D eigenvalue weighted by atomic mass is 10.1. The number of nitriles is 1. The summed E-state index contributed by atoms with van der Waals surface area (Å²) in [6, 6.07) is 10.2. The van der Waals surface area contributed by atoms with Crippen molar-refractivity contribution in [2.24, 2.45) is 0 Å². The van der Waals surface area contributed by atoms with Crippen LogP contribution in [0.1, 0.15) is 24.1 Å². The summed E-state index contributed by atoms with van der Waals surface area (Å²) in [5.74, 6) is 0.285. The molecule has 3 N–H and O–H groups in total. The van der Waals surface area contributed by atoms with E-state index in [1.54, 1.807) is 0 Å². The van der Waals surface area contributed by atoms with Gasteiger partial charge in [0.2, 0.25) is 0 Å². The van der Waals surface area contributed by atoms with Crippen LogP contribution >= 0.6 is 27.5 Å². The first-order chi connectivity index (χ1) is 8.61. The summed E-state index contributed by atoms with van der Waals surface area (Å²) in [6.45, 7) is 2.03. The Morgan fingerprint density at radius 3 is 2.72 bits per heavy atom. The van der Waals surface area contributed by atoms with Crippen LogP contribution in [-0.4, -0.2) is 4.37 Å². The van der Waals surface area contributed by atoms with Crippen molar-refractivity contribution >= 4 is 38.3 Å². The van der Waals surface area contributed by atoms with Gasteiger partial charge in [-0.2, -0.15) is 9.64 Å². The molecular formula is C12H11BrN4S. The van der Waals surface area contributed by atoms with Gasteiger partial charge in [0.15, 0.2) is 5.82 Å². The normalized spacial score (nSPS) is 11.8. The van der Waals surface area contributed by atoms with Gasteiger partial charge in [0, 0.05) is 10.5 Å². The van der Waals surface area contributed by atoms with Gasteiger partial charge in [-0.05, 0) is 36.2 Å². The number of hydrogen-bond donors (Lipinski definition) is 2. The number of hydrogen-bond acceptors (Lipinski definition) is 5. The lowest BCUT2D eigenvalue weighted by Crippen LogP contribution is -2.06. The molecule has 1 aromatic heterocycles. The van der Waals surface area contributed by atoms with Crippen LogP contribution in [0.5, 0.6) is 0 Å². The number of nitrogens with two attached hydrogens (primary N) is 1. The van der Waals surface area contributed by atoms with E-state index in [1.807, 2.05) is 31.2 Å². The molecule has 0 radical (unpaired) electrons. The highest BCUT2D eigenvalue weighted by Crippen LogP contribution is 2.29. The highest BCUT2D eigenvalue weighted by atomic mass is 79.9. The van der Waals surface area contributed by atoms with Gasteiger partial charge in [-0.1, -0.05) is 28.1 Å². The molecule has 18 heavy (non-hydrogen) atoms. The van der Waals surface area contributed by atoms with Crippen LogP contribution in [0, 0.1) is 11.3 Å². The quantitative estimate of drug-likeness (QED) is 0.906. The molecule has 1 heterocycles. The predicted molar refractivity (Wildman–Crippen MR) is 77.4 cm³/mol. The van der Waals surface area contributed by atoms with Crippen LogP contribution in [0.4, 0.5) is 10.8 Å². The first-order valence-electron chi connectivity index (χ1n) is 5.29. The van der Waals surface area contributed by atoms with E-state index < -0.39 is 0 Å². The van der Waals surface area contributed by atoms with E-state index in [0.29, 0.717) is 10.6 Å². The van der Waals surface area contributed by atoms with E-state index in [0.717, 1.165) is 10.0 Å². The van der Waals surface area contributed by atoms with Gasteiger partial charge in [0.1, 0.15) is 16.6 Å². The Hall–Kier alpha value is -1.58. The van der Waals surface area contributed by atoms with E-state index >= 15 is 0 Å². The molecule has 92 valence electrons. The van der Waals surface area contributed by atoms with Crippen molar-refractivity contribution < 1.29 is 0 Å². The number of nitrogens with zero attached hydrogens (tertiary/aromatic N) is 2. The molecule has 0 amide bonds. The Labute approximate surface area is 118 Å². The van der Waals surface area contributed by atoms with E-state index in [9.17, 15) is 0 Å². The zero-order chi connectivity index (χ0) is 13.1. The molecule has 0 bridgehead atoms. The summed E-state index contributed by atoms with van der Waals surface area (Å²) in [6.07, 6.45) is 0. The number of nitrogen functional groups attached to an aromatic ring is 1. The van der Waals surface area contributed by atoms with Crippen molar-refractivity contribution in [2.75, 3.05) is 11.1 Å². The molecule has 1 aromatic carbocycles. The highest BCUT2D eigenvalue weighted by Gasteiger charge is 2.13. The number of aromatic nitrogens is 1. The molecule has 4 nitrogen and oxygen atoms in total. The lowest BCUT2D eigenvalue weighted by molar-refractivity contribution is 0.888. The van der Waals surface area contributed by atoms with Crippen molar-refractivity contribution in [1.82, 2.24) is 4.37 Å². The third kappa shape index (κ3) is 2.63. The standard InChI is InChI=1S/C12H11BrN4S/c1-7(8-2-4-9(13)5-3-8)16-12-10(6-14)11(15)17-18-12/h2-5,7,16H,1H3,(H2,15,17). The summed E-state index contributed by atoms with van der Waals surface area (Å²) in [4.78, 5) is 0. The van der Waals surface area contributed by atoms with Gasteiger partial charge < -0.3 is 11.1 Å². The first kappa shape index (κ1) is 12.9. The molecule has 0 fully saturated rings. The number of anilines is 2. The van der Waals surface area contributed by atoms with Crippen LogP contribution in [0.2, 0.25) is 0 Å². The zero-order valence-electron chi connectivity index (χ0n) is 9.64. The molecular weight excluding hydrogens is 312 g/mol. The van der Waals surface area contributed by atoms with Crippen molar-refractivity contribution in [2.45, 2.75) is 13.0 Å². The molecule has 0 saturated heterocycles. The van der Waals surface area contributed by atoms with Gasteiger partial charge in [0.25, 0.3) is 0 Å². The fourth-order valence-electron chi connectivity index (χ4n) is 1.54. The van der Waals surface area contributed by atoms with Gasteiger partial charge in [0.05, 0.1) is 0 Å². The second-order valence-electron chi connectivity index (χ2n) is 3.80. The van der Waals surface area contributed by atoms with Crippen LogP contribution in [0.15, 0.2) is 28.7 Å². The van der Waals surface area contributed by atoms with Gasteiger partial charge >= 0.3 is 0 Å². The molecule has 2 aromatic rings. The van der Waals surface area contributed by atoms with E-state index in [1.165, 1.54) is 11.5 Å². The number of nitrogens with one attached hydrogen (secondary N) is 1. The fraction of sp³-hybridized carbons (Fsp3) is 0.167. The molecule has 2 rings (SSSR count). The van der Waals surface area contributed by atoms with E-state index in [2.05, 4.69) is 31.7 Å². The van der Waals surface area contributed by atoms with Crippen LogP contribution in [0.3, 0.4) is 0 Å². The fourth-order valence-corrected chi connectivity index (χ4v) is 2.56. The predicted octanol–water partition coefficient (Wildman–Crippen LogP) is 3.53. The van der Waals surface area contributed by atoms with Gasteiger partial charge in [-0.3, -0.25) is 0 Å². The summed E-state index contributed by atoms with van der Waals surface area (Å²) in [5, 5.41) is 13.0. The monoisotopic (exact) mass is 322 g/mol. The van der Waals surface area contributed by atoms with E-state index in [4.69, 9.17) is 11.0 Å². The largest absolute Gasteiger partial charge is 0.382 e. The van der Waals surface area contributed by atoms with Crippen molar-refractivity contribution in [1.29, 1.82) is 5.26 Å². The third-order valence-corrected chi connectivity index (χ3v) is 3.87. The maximum atomic E-state index is 9.00.